The molecule has 2 saturated heterocycles. The van der Waals surface area contributed by atoms with E-state index in [9.17, 15) is 5.11 Å². The highest BCUT2D eigenvalue weighted by atomic mass is 16.5. The molecule has 5 nitrogen and oxygen atoms in total. The first-order valence-corrected chi connectivity index (χ1v) is 15.8. The molecular weight excluding hydrogens is 458 g/mol. The van der Waals surface area contributed by atoms with Gasteiger partial charge in [0.2, 0.25) is 0 Å². The van der Waals surface area contributed by atoms with Crippen LogP contribution in [0.15, 0.2) is 23.9 Å². The Morgan fingerprint density at radius 3 is 2.51 bits per heavy atom. The first-order chi connectivity index (χ1) is 17.8. The molecular formula is C32H53N3O2. The van der Waals surface area contributed by atoms with Gasteiger partial charge in [-0.25, -0.2) is 0 Å². The number of hydrogen-bond donors (Lipinski definition) is 4. The number of ether oxygens (including phenoxy) is 1. The second kappa shape index (κ2) is 9.94. The molecule has 3 heterocycles. The summed E-state index contributed by atoms with van der Waals surface area (Å²) in [5.41, 5.74) is 14.7. The Kier molecular flexibility index (Phi) is 7.08. The monoisotopic (exact) mass is 511 g/mol. The molecule has 4 saturated carbocycles. The molecule has 6 fully saturated rings. The molecule has 4 aliphatic carbocycles. The van der Waals surface area contributed by atoms with E-state index in [-0.39, 0.29) is 29.5 Å². The Balaban J connectivity index is 1.32. The summed E-state index contributed by atoms with van der Waals surface area (Å²) < 4.78 is 7.62. The highest BCUT2D eigenvalue weighted by Crippen LogP contribution is 2.65. The maximum absolute atomic E-state index is 10.1. The molecule has 0 aromatic carbocycles. The van der Waals surface area contributed by atoms with E-state index < -0.39 is 0 Å². The second-order valence-corrected chi connectivity index (χ2v) is 14.5. The quantitative estimate of drug-likeness (QED) is 0.369. The van der Waals surface area contributed by atoms with Crippen molar-refractivity contribution in [2.24, 2.45) is 40.6 Å². The Morgan fingerprint density at radius 1 is 1.03 bits per heavy atom. The highest BCUT2D eigenvalue weighted by molar-refractivity contribution is 5.25. The van der Waals surface area contributed by atoms with Gasteiger partial charge in [0.1, 0.15) is 0 Å². The number of aliphatic hydroxyl groups is 1. The number of aliphatic hydroxyl groups excluding tert-OH is 1. The second-order valence-electron chi connectivity index (χ2n) is 14.5. The van der Waals surface area contributed by atoms with Crippen molar-refractivity contribution in [3.8, 4) is 0 Å². The fourth-order valence-corrected chi connectivity index (χ4v) is 10.7. The molecule has 7 unspecified atom stereocenters. The van der Waals surface area contributed by atoms with Crippen LogP contribution in [0.2, 0.25) is 0 Å². The Hall–Kier alpha value is -0.880. The zero-order chi connectivity index (χ0) is 25.7. The van der Waals surface area contributed by atoms with Crippen LogP contribution in [0.3, 0.4) is 0 Å². The number of allylic oxidation sites excluding steroid dienone is 2. The van der Waals surface area contributed by atoms with E-state index in [0.29, 0.717) is 29.1 Å². The minimum atomic E-state index is -0.304. The molecule has 0 aromatic rings. The van der Waals surface area contributed by atoms with E-state index >= 15 is 0 Å². The average Bonchev–Trinajstić information content (AvgIpc) is 3.32. The topological polar surface area (TPSA) is 93.5 Å². The largest absolute Gasteiger partial charge is 0.396 e. The molecule has 6 N–H and O–H groups in total. The molecule has 7 aliphatic rings. The zero-order valence-electron chi connectivity index (χ0n) is 23.4. The van der Waals surface area contributed by atoms with Gasteiger partial charge in [0, 0.05) is 24.3 Å². The third-order valence-electron chi connectivity index (χ3n) is 12.2. The van der Waals surface area contributed by atoms with E-state index in [0.717, 1.165) is 25.7 Å². The van der Waals surface area contributed by atoms with Crippen molar-refractivity contribution in [3.05, 3.63) is 23.9 Å². The Bertz CT molecular complexity index is 890. The number of nitrogens with two attached hydrogens (primary N) is 2. The summed E-state index contributed by atoms with van der Waals surface area (Å²) >= 11 is 0. The van der Waals surface area contributed by atoms with E-state index in [1.165, 1.54) is 89.0 Å². The minimum absolute atomic E-state index is 0.0598. The van der Waals surface area contributed by atoms with Crippen molar-refractivity contribution >= 4 is 0 Å². The summed E-state index contributed by atoms with van der Waals surface area (Å²) in [6, 6.07) is 0. The molecule has 0 aromatic heterocycles. The van der Waals surface area contributed by atoms with Gasteiger partial charge in [-0.3, -0.25) is 0 Å². The van der Waals surface area contributed by atoms with E-state index in [1.54, 1.807) is 0 Å². The van der Waals surface area contributed by atoms with Gasteiger partial charge in [-0.05, 0) is 119 Å². The van der Waals surface area contributed by atoms with Crippen molar-refractivity contribution < 1.29 is 9.84 Å². The van der Waals surface area contributed by atoms with Crippen LogP contribution in [-0.4, -0.2) is 34.6 Å². The van der Waals surface area contributed by atoms with Gasteiger partial charge in [0.05, 0.1) is 17.4 Å². The SMILES string of the molecule is CC1(C2CCCCC2)OC2(C3CC(CC4=CNC(N)C=C4)CC4(CCCC4)C3)CCC1C(N)(CCO)C2. The van der Waals surface area contributed by atoms with Crippen LogP contribution in [-0.2, 0) is 4.74 Å². The third-order valence-corrected chi connectivity index (χ3v) is 12.2. The fourth-order valence-electron chi connectivity index (χ4n) is 10.7. The molecule has 0 amide bonds. The van der Waals surface area contributed by atoms with Crippen LogP contribution < -0.4 is 16.8 Å². The van der Waals surface area contributed by atoms with Gasteiger partial charge in [-0.1, -0.05) is 38.2 Å². The Morgan fingerprint density at radius 2 is 1.81 bits per heavy atom. The van der Waals surface area contributed by atoms with Gasteiger partial charge in [0.15, 0.2) is 0 Å². The van der Waals surface area contributed by atoms with E-state index in [2.05, 4.69) is 30.6 Å². The first-order valence-electron chi connectivity index (χ1n) is 15.8. The van der Waals surface area contributed by atoms with Crippen molar-refractivity contribution in [3.63, 3.8) is 0 Å². The molecule has 37 heavy (non-hydrogen) atoms. The van der Waals surface area contributed by atoms with Crippen molar-refractivity contribution in [2.75, 3.05) is 6.61 Å². The van der Waals surface area contributed by atoms with Crippen LogP contribution >= 0.6 is 0 Å². The number of fused-ring (bicyclic) bond motifs is 3. The molecule has 3 aliphatic heterocycles. The lowest BCUT2D eigenvalue weighted by Gasteiger charge is -2.68. The lowest BCUT2D eigenvalue weighted by molar-refractivity contribution is -0.315. The lowest BCUT2D eigenvalue weighted by atomic mass is 9.49. The van der Waals surface area contributed by atoms with Gasteiger partial charge < -0.3 is 26.6 Å². The number of nitrogens with one attached hydrogen (secondary N) is 1. The van der Waals surface area contributed by atoms with E-state index in [4.69, 9.17) is 16.2 Å². The predicted molar refractivity (Wildman–Crippen MR) is 149 cm³/mol. The van der Waals surface area contributed by atoms with Crippen molar-refractivity contribution in [1.82, 2.24) is 5.32 Å². The van der Waals surface area contributed by atoms with Gasteiger partial charge in [0.25, 0.3) is 0 Å². The predicted octanol–water partition coefficient (Wildman–Crippen LogP) is 5.67. The molecule has 208 valence electrons. The Labute approximate surface area is 225 Å². The highest BCUT2D eigenvalue weighted by Gasteiger charge is 2.66. The molecule has 2 bridgehead atoms. The summed E-state index contributed by atoms with van der Waals surface area (Å²) in [7, 11) is 0. The summed E-state index contributed by atoms with van der Waals surface area (Å²) in [5.74, 6) is 2.23. The molecule has 1 spiro atoms. The lowest BCUT2D eigenvalue weighted by Crippen LogP contribution is -2.74. The van der Waals surface area contributed by atoms with Crippen LogP contribution in [0, 0.1) is 29.1 Å². The first kappa shape index (κ1) is 26.3. The average molecular weight is 512 g/mol. The standard InChI is InChI=1S/C32H53N3O2/c1-29(25-7-3-2-4-8-25)27-11-14-32(37-29,22-31(27,34)15-16-36)26-18-24(17-23-9-10-28(33)35-21-23)19-30(20-26)12-5-6-13-30/h9-10,21,24-28,35-36H,2-8,11-20,22,33-34H2,1H3. The maximum Gasteiger partial charge on any atom is 0.0934 e. The summed E-state index contributed by atoms with van der Waals surface area (Å²) in [4.78, 5) is 0. The van der Waals surface area contributed by atoms with Crippen LogP contribution in [0.5, 0.6) is 0 Å². The summed E-state index contributed by atoms with van der Waals surface area (Å²) in [5, 5.41) is 13.5. The molecule has 7 rings (SSSR count). The normalized spacial score (nSPS) is 45.7. The van der Waals surface area contributed by atoms with E-state index in [1.807, 2.05) is 0 Å². The third kappa shape index (κ3) is 4.74. The fraction of sp³-hybridized carbons (Fsp3) is 0.875. The number of rotatable bonds is 6. The van der Waals surface area contributed by atoms with Gasteiger partial charge >= 0.3 is 0 Å². The number of hydrogen-bond acceptors (Lipinski definition) is 5. The zero-order valence-corrected chi connectivity index (χ0v) is 23.4. The van der Waals surface area contributed by atoms with Crippen LogP contribution in [0.4, 0.5) is 0 Å². The molecule has 7 atom stereocenters. The molecule has 0 radical (unpaired) electrons. The van der Waals surface area contributed by atoms with Crippen molar-refractivity contribution in [2.45, 2.75) is 139 Å². The maximum atomic E-state index is 10.1. The summed E-state index contributed by atoms with van der Waals surface area (Å²) in [6.07, 6.45) is 27.7. The summed E-state index contributed by atoms with van der Waals surface area (Å²) in [6.45, 7) is 2.63. The van der Waals surface area contributed by atoms with Crippen LogP contribution in [0.1, 0.15) is 116 Å². The smallest absolute Gasteiger partial charge is 0.0934 e. The van der Waals surface area contributed by atoms with Crippen LogP contribution in [0.25, 0.3) is 0 Å². The van der Waals surface area contributed by atoms with Gasteiger partial charge in [-0.15, -0.1) is 0 Å². The van der Waals surface area contributed by atoms with Gasteiger partial charge in [-0.2, -0.15) is 0 Å². The molecule has 5 heteroatoms. The number of dihydropyridines is 1. The minimum Gasteiger partial charge on any atom is -0.396 e. The van der Waals surface area contributed by atoms with Crippen molar-refractivity contribution in [1.29, 1.82) is 0 Å².